The second-order valence-electron chi connectivity index (χ2n) is 7.11. The van der Waals surface area contributed by atoms with Crippen LogP contribution in [0.2, 0.25) is 0 Å². The summed E-state index contributed by atoms with van der Waals surface area (Å²) in [6.45, 7) is 8.96. The fourth-order valence-electron chi connectivity index (χ4n) is 2.40. The molecule has 16 heavy (non-hydrogen) atoms. The molecule has 0 spiro atoms. The van der Waals surface area contributed by atoms with Gasteiger partial charge in [0.05, 0.1) is 5.60 Å². The van der Waals surface area contributed by atoms with E-state index in [0.29, 0.717) is 11.3 Å². The average Bonchev–Trinajstić information content (AvgIpc) is 2.91. The molecule has 1 atom stereocenters. The van der Waals surface area contributed by atoms with Crippen molar-refractivity contribution < 1.29 is 5.11 Å². The Kier molecular flexibility index (Phi) is 4.85. The van der Waals surface area contributed by atoms with Crippen LogP contribution in [-0.4, -0.2) is 10.7 Å². The molecule has 1 aliphatic carbocycles. The molecule has 96 valence electrons. The van der Waals surface area contributed by atoms with Gasteiger partial charge in [-0.05, 0) is 43.9 Å². The first-order chi connectivity index (χ1) is 7.31. The molecule has 0 saturated heterocycles. The number of hydrogen-bond acceptors (Lipinski definition) is 1. The molecule has 1 rings (SSSR count). The van der Waals surface area contributed by atoms with Crippen LogP contribution in [0.15, 0.2) is 0 Å². The van der Waals surface area contributed by atoms with Gasteiger partial charge in [-0.1, -0.05) is 46.5 Å². The third-order valence-corrected chi connectivity index (χ3v) is 3.82. The van der Waals surface area contributed by atoms with Crippen LogP contribution in [0.4, 0.5) is 0 Å². The first kappa shape index (κ1) is 14.0. The van der Waals surface area contributed by atoms with Gasteiger partial charge in [-0.15, -0.1) is 0 Å². The lowest BCUT2D eigenvalue weighted by Gasteiger charge is -2.23. The van der Waals surface area contributed by atoms with Crippen LogP contribution in [-0.2, 0) is 0 Å². The molecule has 0 heterocycles. The molecule has 0 aromatic heterocycles. The van der Waals surface area contributed by atoms with Crippen molar-refractivity contribution in [2.75, 3.05) is 0 Å². The van der Waals surface area contributed by atoms with Crippen LogP contribution >= 0.6 is 0 Å². The average molecular weight is 226 g/mol. The Hall–Kier alpha value is -0.0400. The van der Waals surface area contributed by atoms with Crippen molar-refractivity contribution in [2.45, 2.75) is 84.7 Å². The molecule has 0 bridgehead atoms. The zero-order valence-electron chi connectivity index (χ0n) is 11.7. The second kappa shape index (κ2) is 5.53. The summed E-state index contributed by atoms with van der Waals surface area (Å²) in [6.07, 6.45) is 9.99. The quantitative estimate of drug-likeness (QED) is 0.632. The van der Waals surface area contributed by atoms with Crippen LogP contribution in [0.1, 0.15) is 79.1 Å². The van der Waals surface area contributed by atoms with Crippen molar-refractivity contribution in [3.8, 4) is 0 Å². The van der Waals surface area contributed by atoms with Crippen molar-refractivity contribution in [1.82, 2.24) is 0 Å². The van der Waals surface area contributed by atoms with E-state index < -0.39 is 0 Å². The Morgan fingerprint density at radius 3 is 1.81 bits per heavy atom. The van der Waals surface area contributed by atoms with Gasteiger partial charge in [0, 0.05) is 0 Å². The maximum Gasteiger partial charge on any atom is 0.0647 e. The van der Waals surface area contributed by atoms with Crippen molar-refractivity contribution in [3.05, 3.63) is 0 Å². The molecule has 1 saturated carbocycles. The van der Waals surface area contributed by atoms with E-state index in [9.17, 15) is 5.11 Å². The van der Waals surface area contributed by atoms with Crippen molar-refractivity contribution in [2.24, 2.45) is 11.3 Å². The first-order valence-corrected chi connectivity index (χ1v) is 7.04. The highest BCUT2D eigenvalue weighted by atomic mass is 16.3. The van der Waals surface area contributed by atoms with E-state index in [2.05, 4.69) is 20.8 Å². The van der Waals surface area contributed by atoms with E-state index >= 15 is 0 Å². The van der Waals surface area contributed by atoms with E-state index in [4.69, 9.17) is 0 Å². The van der Waals surface area contributed by atoms with Crippen molar-refractivity contribution >= 4 is 0 Å². The van der Waals surface area contributed by atoms with Crippen molar-refractivity contribution in [1.29, 1.82) is 0 Å². The molecule has 0 aliphatic heterocycles. The normalized spacial score (nSPS) is 20.8. The lowest BCUT2D eigenvalue weighted by molar-refractivity contribution is 0.0254. The zero-order chi connectivity index (χ0) is 12.2. The summed E-state index contributed by atoms with van der Waals surface area (Å²) in [4.78, 5) is 0. The van der Waals surface area contributed by atoms with Gasteiger partial charge in [0.1, 0.15) is 0 Å². The van der Waals surface area contributed by atoms with Crippen LogP contribution in [0.5, 0.6) is 0 Å². The molecule has 0 radical (unpaired) electrons. The molecule has 0 amide bonds. The minimum atomic E-state index is -0.357. The number of aliphatic hydroxyl groups is 1. The van der Waals surface area contributed by atoms with Gasteiger partial charge in [-0.3, -0.25) is 0 Å². The molecule has 1 unspecified atom stereocenters. The van der Waals surface area contributed by atoms with E-state index in [1.807, 2.05) is 6.92 Å². The summed E-state index contributed by atoms with van der Waals surface area (Å²) < 4.78 is 0. The minimum absolute atomic E-state index is 0.357. The summed E-state index contributed by atoms with van der Waals surface area (Å²) >= 11 is 0. The third-order valence-electron chi connectivity index (χ3n) is 3.82. The summed E-state index contributed by atoms with van der Waals surface area (Å²) in [5, 5.41) is 10.1. The van der Waals surface area contributed by atoms with Crippen molar-refractivity contribution in [3.63, 3.8) is 0 Å². The fourth-order valence-corrected chi connectivity index (χ4v) is 2.40. The highest BCUT2D eigenvalue weighted by molar-refractivity contribution is 4.90. The highest BCUT2D eigenvalue weighted by Gasteiger charge is 2.38. The number of hydrogen-bond donors (Lipinski definition) is 1. The van der Waals surface area contributed by atoms with Gasteiger partial charge in [0.2, 0.25) is 0 Å². The van der Waals surface area contributed by atoms with E-state index in [-0.39, 0.29) is 5.60 Å². The zero-order valence-corrected chi connectivity index (χ0v) is 11.7. The van der Waals surface area contributed by atoms with E-state index in [1.54, 1.807) is 0 Å². The third kappa shape index (κ3) is 5.89. The summed E-state index contributed by atoms with van der Waals surface area (Å²) in [7, 11) is 0. The molecule has 0 aromatic rings. The highest BCUT2D eigenvalue weighted by Crippen LogP contribution is 2.42. The Labute approximate surface area is 102 Å². The number of unbranched alkanes of at least 4 members (excludes halogenated alkanes) is 3. The van der Waals surface area contributed by atoms with E-state index in [0.717, 1.165) is 6.42 Å². The number of rotatable bonds is 7. The first-order valence-electron chi connectivity index (χ1n) is 7.04. The lowest BCUT2D eigenvalue weighted by Crippen LogP contribution is -2.26. The minimum Gasteiger partial charge on any atom is -0.390 e. The van der Waals surface area contributed by atoms with Gasteiger partial charge >= 0.3 is 0 Å². The molecule has 1 aliphatic rings. The van der Waals surface area contributed by atoms with Gasteiger partial charge < -0.3 is 5.11 Å². The predicted octanol–water partition coefficient (Wildman–Crippen LogP) is 4.53. The van der Waals surface area contributed by atoms with Crippen LogP contribution < -0.4 is 0 Å². The Balaban J connectivity index is 1.95. The maximum atomic E-state index is 10.1. The van der Waals surface area contributed by atoms with E-state index in [1.165, 1.54) is 44.9 Å². The molecule has 1 N–H and O–H groups in total. The fraction of sp³-hybridized carbons (Fsp3) is 1.00. The topological polar surface area (TPSA) is 20.2 Å². The molecule has 1 fully saturated rings. The maximum absolute atomic E-state index is 10.1. The molecular weight excluding hydrogens is 196 g/mol. The van der Waals surface area contributed by atoms with Gasteiger partial charge in [0.15, 0.2) is 0 Å². The Bertz CT molecular complexity index is 196. The summed E-state index contributed by atoms with van der Waals surface area (Å²) in [6, 6.07) is 0. The Morgan fingerprint density at radius 2 is 1.38 bits per heavy atom. The second-order valence-corrected chi connectivity index (χ2v) is 7.11. The van der Waals surface area contributed by atoms with Gasteiger partial charge in [0.25, 0.3) is 0 Å². The van der Waals surface area contributed by atoms with Gasteiger partial charge in [-0.2, -0.15) is 0 Å². The summed E-state index contributed by atoms with van der Waals surface area (Å²) in [5.74, 6) is 0.613. The monoisotopic (exact) mass is 226 g/mol. The van der Waals surface area contributed by atoms with Crippen LogP contribution in [0.25, 0.3) is 0 Å². The van der Waals surface area contributed by atoms with Gasteiger partial charge in [-0.25, -0.2) is 0 Å². The molecule has 1 heteroatoms. The summed E-state index contributed by atoms with van der Waals surface area (Å²) in [5.41, 5.74) is 0.129. The largest absolute Gasteiger partial charge is 0.390 e. The molecule has 1 nitrogen and oxygen atoms in total. The predicted molar refractivity (Wildman–Crippen MR) is 70.5 cm³/mol. The van der Waals surface area contributed by atoms with Crippen LogP contribution in [0, 0.1) is 11.3 Å². The SMILES string of the molecule is CC(C)(C)CCCCCCC(C)(O)C1CC1. The lowest BCUT2D eigenvalue weighted by atomic mass is 9.88. The molecular formula is C15H30O. The standard InChI is InChI=1S/C15H30O/c1-14(2,3)11-7-5-6-8-12-15(4,16)13-9-10-13/h13,16H,5-12H2,1-4H3. The molecule has 0 aromatic carbocycles. The Morgan fingerprint density at radius 1 is 0.875 bits per heavy atom. The smallest absolute Gasteiger partial charge is 0.0647 e. The van der Waals surface area contributed by atoms with Crippen LogP contribution in [0.3, 0.4) is 0 Å².